The van der Waals surface area contributed by atoms with Gasteiger partial charge in [0.1, 0.15) is 0 Å². The number of aromatic nitrogens is 1. The minimum atomic E-state index is -0.314. The van der Waals surface area contributed by atoms with Gasteiger partial charge in [0.25, 0.3) is 0 Å². The van der Waals surface area contributed by atoms with E-state index in [0.717, 1.165) is 16.7 Å². The highest BCUT2D eigenvalue weighted by molar-refractivity contribution is 5.81. The lowest BCUT2D eigenvalue weighted by atomic mass is 9.74. The standard InChI is InChI=1S/C23H27N3O3/c1-3-5-17-7-9-19(10-8-17)23-20(14-25-16(2)28)26(21(23)15-27)22(29)12-18-6-4-11-24-13-18/h3-11,13,20-21,23,27H,12,14-15H2,1-2H3,(H,25,28)/b5-3+/t20-,21+,23-/m0/s1. The maximum Gasteiger partial charge on any atom is 0.227 e. The lowest BCUT2D eigenvalue weighted by Gasteiger charge is -2.55. The highest BCUT2D eigenvalue weighted by Gasteiger charge is 2.50. The number of nitrogens with zero attached hydrogens (tertiary/aromatic N) is 2. The monoisotopic (exact) mass is 393 g/mol. The molecule has 2 amide bonds. The molecule has 1 saturated heterocycles. The summed E-state index contributed by atoms with van der Waals surface area (Å²) < 4.78 is 0. The van der Waals surface area contributed by atoms with Crippen LogP contribution in [0.15, 0.2) is 54.9 Å². The highest BCUT2D eigenvalue weighted by atomic mass is 16.3. The van der Waals surface area contributed by atoms with Gasteiger partial charge in [-0.2, -0.15) is 0 Å². The molecule has 152 valence electrons. The molecule has 6 nitrogen and oxygen atoms in total. The van der Waals surface area contributed by atoms with Crippen molar-refractivity contribution in [2.24, 2.45) is 0 Å². The van der Waals surface area contributed by atoms with Crippen LogP contribution in [0.4, 0.5) is 0 Å². The molecule has 1 aromatic heterocycles. The Morgan fingerprint density at radius 3 is 2.55 bits per heavy atom. The van der Waals surface area contributed by atoms with Gasteiger partial charge in [-0.25, -0.2) is 0 Å². The number of benzene rings is 1. The van der Waals surface area contributed by atoms with Crippen molar-refractivity contribution in [3.8, 4) is 0 Å². The topological polar surface area (TPSA) is 82.5 Å². The van der Waals surface area contributed by atoms with Gasteiger partial charge in [-0.05, 0) is 29.7 Å². The van der Waals surface area contributed by atoms with Gasteiger partial charge in [0.15, 0.2) is 0 Å². The predicted molar refractivity (Wildman–Crippen MR) is 112 cm³/mol. The molecule has 0 saturated carbocycles. The van der Waals surface area contributed by atoms with Crippen LogP contribution in [-0.2, 0) is 16.0 Å². The molecule has 29 heavy (non-hydrogen) atoms. The third-order valence-corrected chi connectivity index (χ3v) is 5.34. The van der Waals surface area contributed by atoms with E-state index in [1.807, 2.05) is 49.4 Å². The number of aliphatic hydroxyl groups is 1. The van der Waals surface area contributed by atoms with Crippen LogP contribution < -0.4 is 5.32 Å². The van der Waals surface area contributed by atoms with Crippen molar-refractivity contribution < 1.29 is 14.7 Å². The zero-order valence-corrected chi connectivity index (χ0v) is 16.8. The van der Waals surface area contributed by atoms with Gasteiger partial charge in [0, 0.05) is 31.8 Å². The summed E-state index contributed by atoms with van der Waals surface area (Å²) in [6.07, 6.45) is 7.56. The summed E-state index contributed by atoms with van der Waals surface area (Å²) in [5.41, 5.74) is 2.98. The minimum Gasteiger partial charge on any atom is -0.394 e. The van der Waals surface area contributed by atoms with Crippen molar-refractivity contribution in [1.29, 1.82) is 0 Å². The molecular formula is C23H27N3O3. The van der Waals surface area contributed by atoms with Gasteiger partial charge in [0.2, 0.25) is 11.8 Å². The number of nitrogens with one attached hydrogen (secondary N) is 1. The van der Waals surface area contributed by atoms with Crippen LogP contribution >= 0.6 is 0 Å². The van der Waals surface area contributed by atoms with Gasteiger partial charge in [-0.1, -0.05) is 42.5 Å². The molecule has 2 N–H and O–H groups in total. The van der Waals surface area contributed by atoms with E-state index >= 15 is 0 Å². The number of hydrogen-bond acceptors (Lipinski definition) is 4. The van der Waals surface area contributed by atoms with Crippen LogP contribution in [0.5, 0.6) is 0 Å². The van der Waals surface area contributed by atoms with Crippen LogP contribution in [0.1, 0.15) is 36.5 Å². The normalized spacial score (nSPS) is 21.1. The molecule has 3 atom stereocenters. The van der Waals surface area contributed by atoms with Crippen molar-refractivity contribution in [1.82, 2.24) is 15.2 Å². The van der Waals surface area contributed by atoms with E-state index in [4.69, 9.17) is 0 Å². The van der Waals surface area contributed by atoms with Crippen molar-refractivity contribution in [2.45, 2.75) is 38.3 Å². The van der Waals surface area contributed by atoms with Crippen molar-refractivity contribution in [3.05, 3.63) is 71.6 Å². The molecule has 0 bridgehead atoms. The average molecular weight is 393 g/mol. The van der Waals surface area contributed by atoms with Crippen LogP contribution in [-0.4, -0.2) is 52.0 Å². The summed E-state index contributed by atoms with van der Waals surface area (Å²) in [5, 5.41) is 12.9. The Balaban J connectivity index is 1.83. The summed E-state index contributed by atoms with van der Waals surface area (Å²) in [7, 11) is 0. The lowest BCUT2D eigenvalue weighted by molar-refractivity contribution is -0.150. The number of carbonyl (C=O) groups is 2. The zero-order chi connectivity index (χ0) is 20.8. The Morgan fingerprint density at radius 2 is 1.97 bits per heavy atom. The Bertz CT molecular complexity index is 865. The van der Waals surface area contributed by atoms with Gasteiger partial charge in [0.05, 0.1) is 25.1 Å². The van der Waals surface area contributed by atoms with E-state index in [1.54, 1.807) is 23.4 Å². The molecule has 1 aliphatic heterocycles. The zero-order valence-electron chi connectivity index (χ0n) is 16.8. The Morgan fingerprint density at radius 1 is 1.21 bits per heavy atom. The lowest BCUT2D eigenvalue weighted by Crippen LogP contribution is -2.68. The second-order valence-electron chi connectivity index (χ2n) is 7.29. The first-order valence-electron chi connectivity index (χ1n) is 9.83. The fourth-order valence-electron chi connectivity index (χ4n) is 4.03. The van der Waals surface area contributed by atoms with Gasteiger partial charge in [-0.3, -0.25) is 14.6 Å². The van der Waals surface area contributed by atoms with Gasteiger partial charge >= 0.3 is 0 Å². The second-order valence-corrected chi connectivity index (χ2v) is 7.29. The number of likely N-dealkylation sites (tertiary alicyclic amines) is 1. The number of rotatable bonds is 7. The van der Waals surface area contributed by atoms with Crippen LogP contribution in [0.2, 0.25) is 0 Å². The molecule has 1 aromatic carbocycles. The van der Waals surface area contributed by atoms with E-state index in [0.29, 0.717) is 6.54 Å². The maximum atomic E-state index is 13.0. The number of amides is 2. The summed E-state index contributed by atoms with van der Waals surface area (Å²) in [5.74, 6) is -0.252. The second kappa shape index (κ2) is 9.47. The summed E-state index contributed by atoms with van der Waals surface area (Å²) >= 11 is 0. The molecule has 2 aromatic rings. The number of hydrogen-bond donors (Lipinski definition) is 2. The summed E-state index contributed by atoms with van der Waals surface area (Å²) in [4.78, 5) is 30.3. The van der Waals surface area contributed by atoms with Gasteiger partial charge < -0.3 is 15.3 Å². The smallest absolute Gasteiger partial charge is 0.227 e. The third-order valence-electron chi connectivity index (χ3n) is 5.34. The number of carbonyl (C=O) groups excluding carboxylic acids is 2. The molecule has 0 unspecified atom stereocenters. The number of pyridine rings is 1. The maximum absolute atomic E-state index is 13.0. The van der Waals surface area contributed by atoms with E-state index in [9.17, 15) is 14.7 Å². The molecule has 3 rings (SSSR count). The van der Waals surface area contributed by atoms with Gasteiger partial charge in [-0.15, -0.1) is 0 Å². The SMILES string of the molecule is C/C=C/c1ccc([C@@H]2[C@@H](CO)N(C(=O)Cc3cccnc3)[C@H]2CNC(C)=O)cc1. The predicted octanol–water partition coefficient (Wildman–Crippen LogP) is 2.15. The molecule has 1 fully saturated rings. The van der Waals surface area contributed by atoms with Crippen molar-refractivity contribution in [2.75, 3.05) is 13.2 Å². The van der Waals surface area contributed by atoms with E-state index in [-0.39, 0.29) is 42.8 Å². The molecular weight excluding hydrogens is 366 g/mol. The van der Waals surface area contributed by atoms with Crippen LogP contribution in [0.3, 0.4) is 0 Å². The highest BCUT2D eigenvalue weighted by Crippen LogP contribution is 2.41. The fourth-order valence-corrected chi connectivity index (χ4v) is 4.03. The molecule has 0 spiro atoms. The largest absolute Gasteiger partial charge is 0.394 e. The number of allylic oxidation sites excluding steroid dienone is 1. The first-order chi connectivity index (χ1) is 14.0. The number of aliphatic hydroxyl groups excluding tert-OH is 1. The molecule has 6 heteroatoms. The van der Waals surface area contributed by atoms with E-state index in [1.165, 1.54) is 6.92 Å². The Hall–Kier alpha value is -2.99. The quantitative estimate of drug-likeness (QED) is 0.755. The third kappa shape index (κ3) is 4.71. The Kier molecular flexibility index (Phi) is 6.77. The fraction of sp³-hybridized carbons (Fsp3) is 0.348. The molecule has 2 heterocycles. The van der Waals surface area contributed by atoms with E-state index < -0.39 is 0 Å². The van der Waals surface area contributed by atoms with Crippen molar-refractivity contribution in [3.63, 3.8) is 0 Å². The average Bonchev–Trinajstić information content (AvgIpc) is 2.69. The van der Waals surface area contributed by atoms with E-state index in [2.05, 4.69) is 10.3 Å². The first-order valence-corrected chi connectivity index (χ1v) is 9.83. The van der Waals surface area contributed by atoms with Crippen LogP contribution in [0, 0.1) is 0 Å². The minimum absolute atomic E-state index is 0.0376. The molecule has 1 aliphatic rings. The molecule has 0 aliphatic carbocycles. The van der Waals surface area contributed by atoms with Crippen LogP contribution in [0.25, 0.3) is 6.08 Å². The van der Waals surface area contributed by atoms with Crippen molar-refractivity contribution >= 4 is 17.9 Å². The summed E-state index contributed by atoms with van der Waals surface area (Å²) in [6, 6.07) is 11.3. The first kappa shape index (κ1) is 20.7. The summed E-state index contributed by atoms with van der Waals surface area (Å²) in [6.45, 7) is 3.66. The molecule has 0 radical (unpaired) electrons. The Labute approximate surface area is 171 Å².